The van der Waals surface area contributed by atoms with Crippen LogP contribution in [0.3, 0.4) is 0 Å². The molecule has 1 aliphatic heterocycles. The molecule has 1 aromatic heterocycles. The molecule has 19 heavy (non-hydrogen) atoms. The van der Waals surface area contributed by atoms with Gasteiger partial charge in [0.1, 0.15) is 0 Å². The Bertz CT molecular complexity index is 472. The summed E-state index contributed by atoms with van der Waals surface area (Å²) < 4.78 is 0. The minimum Gasteiger partial charge on any atom is -0.338 e. The highest BCUT2D eigenvalue weighted by atomic mass is 32.1. The molecule has 0 saturated carbocycles. The number of hydrogen-bond donors (Lipinski definition) is 2. The quantitative estimate of drug-likeness (QED) is 0.883. The third kappa shape index (κ3) is 3.33. The minimum absolute atomic E-state index is 0.231. The molecule has 0 saturated heterocycles. The maximum absolute atomic E-state index is 11.8. The lowest BCUT2D eigenvalue weighted by Crippen LogP contribution is -2.46. The summed E-state index contributed by atoms with van der Waals surface area (Å²) in [6.07, 6.45) is 0.978. The zero-order valence-electron chi connectivity index (χ0n) is 11.2. The number of nitrogens with zero attached hydrogens (tertiary/aromatic N) is 1. The van der Waals surface area contributed by atoms with Crippen LogP contribution in [0, 0.1) is 0 Å². The molecule has 1 aliphatic rings. The molecule has 104 valence electrons. The second kappa shape index (κ2) is 6.16. The molecule has 0 aromatic carbocycles. The van der Waals surface area contributed by atoms with E-state index in [1.165, 1.54) is 10.4 Å². The van der Waals surface area contributed by atoms with Gasteiger partial charge in [-0.25, -0.2) is 4.79 Å². The number of urea groups is 1. The molecule has 0 radical (unpaired) electrons. The number of carbonyl (C=O) groups excluding carboxylic acids is 2. The van der Waals surface area contributed by atoms with Gasteiger partial charge >= 0.3 is 6.03 Å². The molecule has 0 fully saturated rings. The number of nitrogens with one attached hydrogen (secondary N) is 2. The van der Waals surface area contributed by atoms with E-state index in [4.69, 9.17) is 0 Å². The minimum atomic E-state index is -0.423. The van der Waals surface area contributed by atoms with Crippen molar-refractivity contribution in [3.63, 3.8) is 0 Å². The average molecular weight is 281 g/mol. The molecule has 1 atom stereocenters. The molecule has 5 nitrogen and oxygen atoms in total. The van der Waals surface area contributed by atoms with Gasteiger partial charge < -0.3 is 5.32 Å². The van der Waals surface area contributed by atoms with Crippen molar-refractivity contribution in [2.24, 2.45) is 0 Å². The van der Waals surface area contributed by atoms with Crippen molar-refractivity contribution in [3.8, 4) is 0 Å². The van der Waals surface area contributed by atoms with Gasteiger partial charge in [-0.2, -0.15) is 0 Å². The van der Waals surface area contributed by atoms with Crippen LogP contribution in [-0.4, -0.2) is 36.5 Å². The van der Waals surface area contributed by atoms with Crippen LogP contribution in [0.25, 0.3) is 0 Å². The van der Waals surface area contributed by atoms with Crippen molar-refractivity contribution in [2.75, 3.05) is 19.6 Å². The first-order valence-corrected chi connectivity index (χ1v) is 7.37. The fourth-order valence-corrected chi connectivity index (χ4v) is 3.30. The van der Waals surface area contributed by atoms with Crippen LogP contribution in [-0.2, 0) is 11.2 Å². The zero-order valence-corrected chi connectivity index (χ0v) is 12.0. The predicted octanol–water partition coefficient (Wildman–Crippen LogP) is 1.51. The van der Waals surface area contributed by atoms with Crippen molar-refractivity contribution in [3.05, 3.63) is 21.9 Å². The molecule has 2 rings (SSSR count). The Labute approximate surface area is 117 Å². The molecule has 0 aliphatic carbocycles. The van der Waals surface area contributed by atoms with E-state index in [0.717, 1.165) is 13.0 Å². The van der Waals surface area contributed by atoms with E-state index in [2.05, 4.69) is 33.9 Å². The SMILES string of the molecule is CCNC(=O)NC(=O)CN1CCc2sccc2C1C. The number of imide groups is 1. The maximum Gasteiger partial charge on any atom is 0.321 e. The number of rotatable bonds is 3. The molecular formula is C13H19N3O2S. The number of hydrogen-bond acceptors (Lipinski definition) is 4. The lowest BCUT2D eigenvalue weighted by Gasteiger charge is -2.32. The molecule has 0 spiro atoms. The van der Waals surface area contributed by atoms with Crippen molar-refractivity contribution >= 4 is 23.3 Å². The highest BCUT2D eigenvalue weighted by molar-refractivity contribution is 7.10. The zero-order chi connectivity index (χ0) is 13.8. The second-order valence-electron chi connectivity index (χ2n) is 4.60. The van der Waals surface area contributed by atoms with E-state index in [9.17, 15) is 9.59 Å². The summed E-state index contributed by atoms with van der Waals surface area (Å²) in [6.45, 7) is 5.54. The van der Waals surface area contributed by atoms with Gasteiger partial charge in [0.2, 0.25) is 5.91 Å². The lowest BCUT2D eigenvalue weighted by atomic mass is 10.0. The molecule has 6 heteroatoms. The van der Waals surface area contributed by atoms with E-state index >= 15 is 0 Å². The van der Waals surface area contributed by atoms with Gasteiger partial charge in [0.15, 0.2) is 0 Å². The van der Waals surface area contributed by atoms with E-state index in [-0.39, 0.29) is 18.5 Å². The molecule has 0 bridgehead atoms. The topological polar surface area (TPSA) is 61.4 Å². The summed E-state index contributed by atoms with van der Waals surface area (Å²) in [6, 6.07) is 1.93. The monoisotopic (exact) mass is 281 g/mol. The van der Waals surface area contributed by atoms with E-state index in [1.807, 2.05) is 6.92 Å². The van der Waals surface area contributed by atoms with Crippen LogP contribution in [0.2, 0.25) is 0 Å². The lowest BCUT2D eigenvalue weighted by molar-refractivity contribution is -0.121. The van der Waals surface area contributed by atoms with Crippen LogP contribution in [0.5, 0.6) is 0 Å². The van der Waals surface area contributed by atoms with Crippen LogP contribution in [0.4, 0.5) is 4.79 Å². The van der Waals surface area contributed by atoms with E-state index in [1.54, 1.807) is 11.3 Å². The Morgan fingerprint density at radius 2 is 2.32 bits per heavy atom. The highest BCUT2D eigenvalue weighted by Gasteiger charge is 2.26. The normalized spacial score (nSPS) is 18.7. The molecule has 2 heterocycles. The predicted molar refractivity (Wildman–Crippen MR) is 75.2 cm³/mol. The molecule has 1 aromatic rings. The highest BCUT2D eigenvalue weighted by Crippen LogP contribution is 2.32. The average Bonchev–Trinajstić information content (AvgIpc) is 2.82. The molecule has 1 unspecified atom stereocenters. The summed E-state index contributed by atoms with van der Waals surface area (Å²) in [4.78, 5) is 26.6. The molecule has 3 amide bonds. The summed E-state index contributed by atoms with van der Waals surface area (Å²) in [5, 5.41) is 6.98. The van der Waals surface area contributed by atoms with Crippen molar-refractivity contribution in [1.82, 2.24) is 15.5 Å². The Morgan fingerprint density at radius 1 is 1.53 bits per heavy atom. The van der Waals surface area contributed by atoms with E-state index in [0.29, 0.717) is 6.54 Å². The van der Waals surface area contributed by atoms with Crippen molar-refractivity contribution < 1.29 is 9.59 Å². The summed E-state index contributed by atoms with van der Waals surface area (Å²) in [5.74, 6) is -0.253. The summed E-state index contributed by atoms with van der Waals surface area (Å²) in [5.41, 5.74) is 1.31. The molecule has 2 N–H and O–H groups in total. The first-order valence-electron chi connectivity index (χ1n) is 6.49. The van der Waals surface area contributed by atoms with E-state index < -0.39 is 6.03 Å². The third-order valence-corrected chi connectivity index (χ3v) is 4.34. The van der Waals surface area contributed by atoms with Gasteiger partial charge in [-0.05, 0) is 37.3 Å². The Morgan fingerprint density at radius 3 is 3.05 bits per heavy atom. The standard InChI is InChI=1S/C13H19N3O2S/c1-3-14-13(18)15-12(17)8-16-6-4-11-10(9(16)2)5-7-19-11/h5,7,9H,3-4,6,8H2,1-2H3,(H2,14,15,17,18). The van der Waals surface area contributed by atoms with Crippen molar-refractivity contribution in [2.45, 2.75) is 26.3 Å². The largest absolute Gasteiger partial charge is 0.338 e. The van der Waals surface area contributed by atoms with Crippen LogP contribution in [0.15, 0.2) is 11.4 Å². The van der Waals surface area contributed by atoms with Gasteiger partial charge in [0, 0.05) is 24.0 Å². The summed E-state index contributed by atoms with van der Waals surface area (Å²) in [7, 11) is 0. The first kappa shape index (κ1) is 14.0. The van der Waals surface area contributed by atoms with Gasteiger partial charge in [-0.15, -0.1) is 11.3 Å². The van der Waals surface area contributed by atoms with Crippen LogP contribution < -0.4 is 10.6 Å². The number of thiophene rings is 1. The molecular weight excluding hydrogens is 262 g/mol. The van der Waals surface area contributed by atoms with Gasteiger partial charge in [0.25, 0.3) is 0 Å². The fourth-order valence-electron chi connectivity index (χ4n) is 2.33. The van der Waals surface area contributed by atoms with Gasteiger partial charge in [-0.3, -0.25) is 15.0 Å². The van der Waals surface area contributed by atoms with Gasteiger partial charge in [-0.1, -0.05) is 0 Å². The second-order valence-corrected chi connectivity index (χ2v) is 5.60. The fraction of sp³-hybridized carbons (Fsp3) is 0.538. The Kier molecular flexibility index (Phi) is 4.55. The number of amides is 3. The Hall–Kier alpha value is -1.40. The van der Waals surface area contributed by atoms with Crippen LogP contribution >= 0.6 is 11.3 Å². The number of fused-ring (bicyclic) bond motifs is 1. The first-order chi connectivity index (χ1) is 9.11. The smallest absolute Gasteiger partial charge is 0.321 e. The summed E-state index contributed by atoms with van der Waals surface area (Å²) >= 11 is 1.78. The van der Waals surface area contributed by atoms with Crippen molar-refractivity contribution in [1.29, 1.82) is 0 Å². The third-order valence-electron chi connectivity index (χ3n) is 3.34. The van der Waals surface area contributed by atoms with Crippen LogP contribution in [0.1, 0.15) is 30.3 Å². The number of carbonyl (C=O) groups is 2. The van der Waals surface area contributed by atoms with Gasteiger partial charge in [0.05, 0.1) is 6.54 Å². The Balaban J connectivity index is 1.90. The maximum atomic E-state index is 11.8.